The van der Waals surface area contributed by atoms with E-state index in [-0.39, 0.29) is 24.2 Å². The second-order valence-electron chi connectivity index (χ2n) is 7.72. The Morgan fingerprint density at radius 2 is 1.38 bits per heavy atom. The van der Waals surface area contributed by atoms with Crippen LogP contribution in [0.3, 0.4) is 0 Å². The van der Waals surface area contributed by atoms with Gasteiger partial charge >= 0.3 is 0 Å². The van der Waals surface area contributed by atoms with Gasteiger partial charge in [-0.15, -0.1) is 0 Å². The molecule has 0 atom stereocenters. The zero-order valence-corrected chi connectivity index (χ0v) is 17.6. The van der Waals surface area contributed by atoms with Gasteiger partial charge in [0.1, 0.15) is 11.6 Å². The van der Waals surface area contributed by atoms with Crippen molar-refractivity contribution in [3.05, 3.63) is 101 Å². The predicted octanol–water partition coefficient (Wildman–Crippen LogP) is 7.64. The van der Waals surface area contributed by atoms with Crippen LogP contribution in [0.1, 0.15) is 24.5 Å². The Balaban J connectivity index is 1.54. The molecule has 0 aliphatic heterocycles. The van der Waals surface area contributed by atoms with Crippen molar-refractivity contribution in [2.75, 3.05) is 6.61 Å². The van der Waals surface area contributed by atoms with Gasteiger partial charge in [-0.25, -0.2) is 17.6 Å². The lowest BCUT2D eigenvalue weighted by atomic mass is 9.97. The smallest absolute Gasteiger partial charge is 0.194 e. The lowest BCUT2D eigenvalue weighted by Gasteiger charge is -2.10. The fourth-order valence-corrected chi connectivity index (χ4v) is 3.70. The summed E-state index contributed by atoms with van der Waals surface area (Å²) in [6.45, 7) is 2.72. The fraction of sp³-hybridized carbons (Fsp3) is 0.185. The van der Waals surface area contributed by atoms with Crippen molar-refractivity contribution < 1.29 is 22.3 Å². The quantitative estimate of drug-likeness (QED) is 0.213. The van der Waals surface area contributed by atoms with E-state index in [4.69, 9.17) is 4.74 Å². The highest BCUT2D eigenvalue weighted by Crippen LogP contribution is 2.29. The molecule has 0 saturated carbocycles. The first kappa shape index (κ1) is 21.9. The van der Waals surface area contributed by atoms with Crippen LogP contribution in [0.25, 0.3) is 21.9 Å². The summed E-state index contributed by atoms with van der Waals surface area (Å²) in [7, 11) is 0. The summed E-state index contributed by atoms with van der Waals surface area (Å²) in [5.74, 6) is -3.52. The van der Waals surface area contributed by atoms with Crippen LogP contribution in [0.4, 0.5) is 17.6 Å². The van der Waals surface area contributed by atoms with Crippen LogP contribution in [0.2, 0.25) is 0 Å². The van der Waals surface area contributed by atoms with Crippen molar-refractivity contribution >= 4 is 10.8 Å². The van der Waals surface area contributed by atoms with Gasteiger partial charge in [0, 0.05) is 5.39 Å². The zero-order valence-electron chi connectivity index (χ0n) is 17.6. The summed E-state index contributed by atoms with van der Waals surface area (Å²) in [6, 6.07) is 18.7. The summed E-state index contributed by atoms with van der Waals surface area (Å²) >= 11 is 0. The van der Waals surface area contributed by atoms with Crippen molar-refractivity contribution in [3.8, 4) is 16.9 Å². The number of aryl methyl sites for hydroxylation is 2. The van der Waals surface area contributed by atoms with Crippen LogP contribution in [0, 0.1) is 23.3 Å². The van der Waals surface area contributed by atoms with E-state index in [9.17, 15) is 13.2 Å². The van der Waals surface area contributed by atoms with E-state index in [1.54, 1.807) is 12.1 Å². The minimum atomic E-state index is -1.50. The molecule has 0 heterocycles. The number of hydrogen-bond donors (Lipinski definition) is 0. The van der Waals surface area contributed by atoms with Gasteiger partial charge in [-0.1, -0.05) is 43.3 Å². The molecule has 0 bridgehead atoms. The number of fused-ring (bicyclic) bond motifs is 1. The van der Waals surface area contributed by atoms with Crippen LogP contribution < -0.4 is 4.74 Å². The molecule has 0 aliphatic carbocycles. The molecule has 0 saturated heterocycles. The summed E-state index contributed by atoms with van der Waals surface area (Å²) in [5, 5.41) is 1.24. The molecule has 0 aromatic heterocycles. The van der Waals surface area contributed by atoms with Crippen molar-refractivity contribution in [2.45, 2.75) is 26.2 Å². The average Bonchev–Trinajstić information content (AvgIpc) is 2.81. The monoisotopic (exact) mass is 438 g/mol. The lowest BCUT2D eigenvalue weighted by Crippen LogP contribution is -1.99. The molecule has 0 radical (unpaired) electrons. The van der Waals surface area contributed by atoms with Crippen molar-refractivity contribution in [3.63, 3.8) is 0 Å². The SMILES string of the molecule is CCCOc1ccc(-c2ccc3c(F)c(CCc4cc(F)c(F)c(F)c4)ccc3c2)cc1. The summed E-state index contributed by atoms with van der Waals surface area (Å²) in [4.78, 5) is 0. The van der Waals surface area contributed by atoms with E-state index in [1.165, 1.54) is 0 Å². The summed E-state index contributed by atoms with van der Waals surface area (Å²) in [5.41, 5.74) is 2.68. The summed E-state index contributed by atoms with van der Waals surface area (Å²) < 4.78 is 60.6. The van der Waals surface area contributed by atoms with Gasteiger partial charge in [0.15, 0.2) is 17.5 Å². The molecule has 164 valence electrons. The van der Waals surface area contributed by atoms with E-state index in [0.29, 0.717) is 17.6 Å². The standard InChI is InChI=1S/C27H22F4O/c1-2-13-32-22-10-7-18(8-11-22)20-9-12-23-21(16-20)6-5-19(26(23)30)4-3-17-14-24(28)27(31)25(29)15-17/h5-12,14-16H,2-4,13H2,1H3. The first-order valence-corrected chi connectivity index (χ1v) is 10.5. The van der Waals surface area contributed by atoms with E-state index < -0.39 is 17.5 Å². The highest BCUT2D eigenvalue weighted by molar-refractivity contribution is 5.88. The second-order valence-corrected chi connectivity index (χ2v) is 7.72. The molecule has 0 aliphatic rings. The normalized spacial score (nSPS) is 11.2. The summed E-state index contributed by atoms with van der Waals surface area (Å²) in [6.07, 6.45) is 1.38. The van der Waals surface area contributed by atoms with Crippen LogP contribution in [0.15, 0.2) is 66.7 Å². The van der Waals surface area contributed by atoms with Gasteiger partial charge < -0.3 is 4.74 Å². The maximum absolute atomic E-state index is 15.1. The third-order valence-corrected chi connectivity index (χ3v) is 5.42. The van der Waals surface area contributed by atoms with Gasteiger partial charge in [-0.2, -0.15) is 0 Å². The fourth-order valence-electron chi connectivity index (χ4n) is 3.70. The number of halogens is 4. The minimum absolute atomic E-state index is 0.196. The Morgan fingerprint density at radius 3 is 2.06 bits per heavy atom. The highest BCUT2D eigenvalue weighted by Gasteiger charge is 2.13. The van der Waals surface area contributed by atoms with Gasteiger partial charge in [-0.3, -0.25) is 0 Å². The Bertz CT molecular complexity index is 1230. The Kier molecular flexibility index (Phi) is 6.45. The van der Waals surface area contributed by atoms with E-state index in [0.717, 1.165) is 40.8 Å². The maximum atomic E-state index is 15.1. The molecule has 1 nitrogen and oxygen atoms in total. The topological polar surface area (TPSA) is 9.23 Å². The first-order valence-electron chi connectivity index (χ1n) is 10.5. The zero-order chi connectivity index (χ0) is 22.7. The third-order valence-electron chi connectivity index (χ3n) is 5.42. The molecule has 0 amide bonds. The van der Waals surface area contributed by atoms with Crippen LogP contribution in [0.5, 0.6) is 5.75 Å². The van der Waals surface area contributed by atoms with Gasteiger partial charge in [0.05, 0.1) is 6.61 Å². The largest absolute Gasteiger partial charge is 0.494 e. The van der Waals surface area contributed by atoms with Crippen LogP contribution in [-0.2, 0) is 12.8 Å². The predicted molar refractivity (Wildman–Crippen MR) is 119 cm³/mol. The minimum Gasteiger partial charge on any atom is -0.494 e. The first-order chi connectivity index (χ1) is 15.5. The average molecular weight is 438 g/mol. The van der Waals surface area contributed by atoms with E-state index >= 15 is 4.39 Å². The number of ether oxygens (including phenoxy) is 1. The van der Waals surface area contributed by atoms with E-state index in [1.807, 2.05) is 42.5 Å². The van der Waals surface area contributed by atoms with Crippen molar-refractivity contribution in [1.82, 2.24) is 0 Å². The molecule has 0 spiro atoms. The van der Waals surface area contributed by atoms with Gasteiger partial charge in [0.2, 0.25) is 0 Å². The van der Waals surface area contributed by atoms with Crippen molar-refractivity contribution in [1.29, 1.82) is 0 Å². The van der Waals surface area contributed by atoms with Crippen LogP contribution in [-0.4, -0.2) is 6.61 Å². The van der Waals surface area contributed by atoms with Gasteiger partial charge in [0.25, 0.3) is 0 Å². The molecule has 0 unspecified atom stereocenters. The number of benzene rings is 4. The lowest BCUT2D eigenvalue weighted by molar-refractivity contribution is 0.317. The maximum Gasteiger partial charge on any atom is 0.194 e. The van der Waals surface area contributed by atoms with E-state index in [2.05, 4.69) is 6.92 Å². The molecule has 4 rings (SSSR count). The third kappa shape index (κ3) is 4.62. The molecule has 5 heteroatoms. The second kappa shape index (κ2) is 9.43. The van der Waals surface area contributed by atoms with Crippen molar-refractivity contribution in [2.24, 2.45) is 0 Å². The number of hydrogen-bond acceptors (Lipinski definition) is 1. The molecule has 0 fully saturated rings. The van der Waals surface area contributed by atoms with Crippen LogP contribution >= 0.6 is 0 Å². The Labute approximate surface area is 184 Å². The molecule has 0 N–H and O–H groups in total. The molecule has 4 aromatic rings. The van der Waals surface area contributed by atoms with Gasteiger partial charge in [-0.05, 0) is 77.2 Å². The number of rotatable bonds is 7. The molecule has 32 heavy (non-hydrogen) atoms. The Hall–Kier alpha value is -3.34. The molecular formula is C27H22F4O. The highest BCUT2D eigenvalue weighted by atomic mass is 19.2. The molecular weight excluding hydrogens is 416 g/mol. The molecule has 4 aromatic carbocycles. The Morgan fingerprint density at radius 1 is 0.688 bits per heavy atom.